The molecule has 0 saturated heterocycles. The molecule has 0 spiro atoms. The smallest absolute Gasteiger partial charge is 0.311 e. The van der Waals surface area contributed by atoms with Gasteiger partial charge in [0.1, 0.15) is 18.3 Å². The van der Waals surface area contributed by atoms with Crippen LogP contribution in [-0.2, 0) is 17.8 Å². The fourth-order valence-electron chi connectivity index (χ4n) is 4.02. The minimum atomic E-state index is -2.53. The Morgan fingerprint density at radius 3 is 1.82 bits per heavy atom. The van der Waals surface area contributed by atoms with E-state index in [0.29, 0.717) is 24.9 Å². The van der Waals surface area contributed by atoms with Crippen molar-refractivity contribution in [1.82, 2.24) is 10.3 Å². The van der Waals surface area contributed by atoms with Gasteiger partial charge in [0.05, 0.1) is 13.2 Å². The fourth-order valence-corrected chi connectivity index (χ4v) is 18.1. The quantitative estimate of drug-likeness (QED) is 0.0245. The third-order valence-corrected chi connectivity index (χ3v) is 17.2. The summed E-state index contributed by atoms with van der Waals surface area (Å²) in [6.45, 7) is 11.0. The summed E-state index contributed by atoms with van der Waals surface area (Å²) in [6.07, 6.45) is -7.91. The molecule has 0 heterocycles. The molecule has 17 heteroatoms. The normalized spacial score (nSPS) is 16.9. The number of hydrogen-bond donors (Lipinski definition) is 9. The second-order valence-electron chi connectivity index (χ2n) is 11.0. The Bertz CT molecular complexity index is 734. The van der Waals surface area contributed by atoms with Gasteiger partial charge in [-0.3, -0.25) is 14.6 Å². The Morgan fingerprint density at radius 2 is 1.34 bits per heavy atom. The van der Waals surface area contributed by atoms with Crippen LogP contribution in [-0.4, -0.2) is 135 Å². The second kappa shape index (κ2) is 16.5. The van der Waals surface area contributed by atoms with Crippen molar-refractivity contribution in [3.63, 3.8) is 0 Å². The van der Waals surface area contributed by atoms with E-state index in [1.165, 1.54) is 0 Å². The standard InChI is InChI=1S/C21H49N3O11Si3/c1-36(2,11-7-9-23-20(32)19(31)18(30)17(29)15(27)13-25)34-38(5,6)35-37(3,4)12-8-10-24(22)21(33)16(28)14-26/h15-19,25-31H,7-14,22H2,1-6H3,(H,23,32). The Balaban J connectivity index is 4.63. The van der Waals surface area contributed by atoms with E-state index in [0.717, 1.165) is 5.01 Å². The third kappa shape index (κ3) is 14.0. The lowest BCUT2D eigenvalue weighted by Crippen LogP contribution is -2.53. The summed E-state index contributed by atoms with van der Waals surface area (Å²) in [6, 6.07) is 1.38. The number of nitrogens with one attached hydrogen (secondary N) is 1. The van der Waals surface area contributed by atoms with E-state index in [1.807, 2.05) is 26.2 Å². The van der Waals surface area contributed by atoms with Gasteiger partial charge in [-0.15, -0.1) is 0 Å². The van der Waals surface area contributed by atoms with Crippen LogP contribution in [0.2, 0.25) is 51.4 Å². The molecule has 38 heavy (non-hydrogen) atoms. The Morgan fingerprint density at radius 1 is 0.842 bits per heavy atom. The summed E-state index contributed by atoms with van der Waals surface area (Å²) in [4.78, 5) is 23.8. The van der Waals surface area contributed by atoms with Crippen LogP contribution in [0.15, 0.2) is 0 Å². The van der Waals surface area contributed by atoms with E-state index >= 15 is 0 Å². The molecule has 0 fully saturated rings. The maximum atomic E-state index is 12.1. The number of carbonyl (C=O) groups is 2. The Kier molecular flexibility index (Phi) is 16.1. The molecule has 0 aromatic carbocycles. The number of hydrogen-bond acceptors (Lipinski definition) is 12. The number of aliphatic hydroxyl groups excluding tert-OH is 7. The van der Waals surface area contributed by atoms with Crippen molar-refractivity contribution in [1.29, 1.82) is 0 Å². The van der Waals surface area contributed by atoms with Crippen LogP contribution in [0.5, 0.6) is 0 Å². The molecular weight excluding hydrogens is 554 g/mol. The lowest BCUT2D eigenvalue weighted by Gasteiger charge is -2.39. The highest BCUT2D eigenvalue weighted by Crippen LogP contribution is 2.26. The minimum absolute atomic E-state index is 0.198. The van der Waals surface area contributed by atoms with E-state index < -0.39 is 80.7 Å². The molecule has 0 bridgehead atoms. The van der Waals surface area contributed by atoms with Gasteiger partial charge in [0.25, 0.3) is 11.8 Å². The van der Waals surface area contributed by atoms with Crippen molar-refractivity contribution in [3.05, 3.63) is 0 Å². The molecule has 0 rings (SSSR count). The SMILES string of the molecule is C[Si](C)(CCCNC(=O)C(O)C(O)C(O)C(O)CO)O[Si](C)(C)O[Si](C)(C)CCCN(N)C(=O)C(O)CO. The molecule has 14 nitrogen and oxygen atoms in total. The fraction of sp³-hybridized carbons (Fsp3) is 0.905. The number of amides is 2. The van der Waals surface area contributed by atoms with Crippen LogP contribution < -0.4 is 11.2 Å². The van der Waals surface area contributed by atoms with Crippen LogP contribution in [0.3, 0.4) is 0 Å². The Labute approximate surface area is 227 Å². The maximum absolute atomic E-state index is 12.1. The summed E-state index contributed by atoms with van der Waals surface area (Å²) in [5, 5.41) is 69.2. The number of nitrogens with zero attached hydrogens (tertiary/aromatic N) is 1. The molecule has 5 unspecified atom stereocenters. The highest BCUT2D eigenvalue weighted by molar-refractivity contribution is 6.87. The first-order chi connectivity index (χ1) is 17.3. The first kappa shape index (κ1) is 37.2. The number of rotatable bonds is 19. The van der Waals surface area contributed by atoms with Crippen molar-refractivity contribution >= 4 is 37.0 Å². The lowest BCUT2D eigenvalue weighted by molar-refractivity contribution is -0.148. The molecule has 5 atom stereocenters. The predicted molar refractivity (Wildman–Crippen MR) is 147 cm³/mol. The first-order valence-electron chi connectivity index (χ1n) is 12.7. The summed E-state index contributed by atoms with van der Waals surface area (Å²) in [5.41, 5.74) is 0. The maximum Gasteiger partial charge on any atom is 0.311 e. The van der Waals surface area contributed by atoms with Crippen molar-refractivity contribution in [2.45, 2.75) is 94.7 Å². The van der Waals surface area contributed by atoms with Crippen LogP contribution in [0.4, 0.5) is 0 Å². The number of hydrazine groups is 1. The van der Waals surface area contributed by atoms with E-state index in [4.69, 9.17) is 24.3 Å². The lowest BCUT2D eigenvalue weighted by atomic mass is 10.0. The molecule has 0 radical (unpaired) electrons. The van der Waals surface area contributed by atoms with E-state index in [9.17, 15) is 35.1 Å². The zero-order valence-electron chi connectivity index (χ0n) is 23.3. The molecule has 0 saturated carbocycles. The topological polar surface area (TPSA) is 235 Å². The van der Waals surface area contributed by atoms with Crippen molar-refractivity contribution in [2.75, 3.05) is 26.3 Å². The van der Waals surface area contributed by atoms with E-state index in [2.05, 4.69) is 18.4 Å². The van der Waals surface area contributed by atoms with E-state index in [-0.39, 0.29) is 13.1 Å². The second-order valence-corrected chi connectivity index (χ2v) is 23.5. The average Bonchev–Trinajstić information content (AvgIpc) is 2.81. The van der Waals surface area contributed by atoms with Gasteiger partial charge in [0.15, 0.2) is 28.8 Å². The highest BCUT2D eigenvalue weighted by Gasteiger charge is 2.39. The van der Waals surface area contributed by atoms with Gasteiger partial charge in [0, 0.05) is 13.1 Å². The zero-order chi connectivity index (χ0) is 29.9. The van der Waals surface area contributed by atoms with Crippen molar-refractivity contribution in [2.24, 2.45) is 5.84 Å². The van der Waals surface area contributed by atoms with Crippen LogP contribution in [0, 0.1) is 0 Å². The summed E-state index contributed by atoms with van der Waals surface area (Å²) in [7, 11) is -6.92. The summed E-state index contributed by atoms with van der Waals surface area (Å²) in [5.74, 6) is 4.02. The van der Waals surface area contributed by atoms with Gasteiger partial charge in [-0.25, -0.2) is 5.84 Å². The van der Waals surface area contributed by atoms with Crippen LogP contribution >= 0.6 is 0 Å². The molecule has 0 aromatic rings. The largest absolute Gasteiger partial charge is 0.437 e. The number of carbonyl (C=O) groups excluding carboxylic acids is 2. The van der Waals surface area contributed by atoms with Gasteiger partial charge in [-0.1, -0.05) is 0 Å². The third-order valence-electron chi connectivity index (χ3n) is 5.74. The minimum Gasteiger partial charge on any atom is -0.437 e. The van der Waals surface area contributed by atoms with Gasteiger partial charge in [-0.05, 0) is 64.2 Å². The van der Waals surface area contributed by atoms with Gasteiger partial charge in [-0.2, -0.15) is 0 Å². The molecule has 2 amide bonds. The number of nitrogens with two attached hydrogens (primary N) is 1. The highest BCUT2D eigenvalue weighted by atomic mass is 28.5. The number of aliphatic hydroxyl groups is 7. The molecule has 0 aromatic heterocycles. The monoisotopic (exact) mass is 603 g/mol. The van der Waals surface area contributed by atoms with Crippen LogP contribution in [0.1, 0.15) is 12.8 Å². The van der Waals surface area contributed by atoms with Crippen molar-refractivity contribution < 1.29 is 53.6 Å². The summed E-state index contributed by atoms with van der Waals surface area (Å²) >= 11 is 0. The first-order valence-corrected chi connectivity index (χ1v) is 21.7. The van der Waals surface area contributed by atoms with Crippen molar-refractivity contribution in [3.8, 4) is 0 Å². The molecule has 0 aliphatic heterocycles. The average molecular weight is 604 g/mol. The van der Waals surface area contributed by atoms with Gasteiger partial charge >= 0.3 is 8.56 Å². The molecular formula is C21H49N3O11Si3. The molecule has 226 valence electrons. The molecule has 10 N–H and O–H groups in total. The Hall–Kier alpha value is -0.809. The zero-order valence-corrected chi connectivity index (χ0v) is 26.3. The van der Waals surface area contributed by atoms with Gasteiger partial charge in [0.2, 0.25) is 0 Å². The summed E-state index contributed by atoms with van der Waals surface area (Å²) < 4.78 is 13.0. The molecule has 0 aliphatic rings. The predicted octanol–water partition coefficient (Wildman–Crippen LogP) is -2.48. The molecule has 0 aliphatic carbocycles. The van der Waals surface area contributed by atoms with Crippen LogP contribution in [0.25, 0.3) is 0 Å². The van der Waals surface area contributed by atoms with Gasteiger partial charge < -0.3 is 49.3 Å². The van der Waals surface area contributed by atoms with E-state index in [1.54, 1.807) is 0 Å².